The molecule has 0 aromatic heterocycles. The summed E-state index contributed by atoms with van der Waals surface area (Å²) in [5.74, 6) is 0.0528. The quantitative estimate of drug-likeness (QED) is 0.696. The topological polar surface area (TPSA) is 66.5 Å². The van der Waals surface area contributed by atoms with E-state index >= 15 is 0 Å². The summed E-state index contributed by atoms with van der Waals surface area (Å²) in [6.07, 6.45) is 3.90. The Labute approximate surface area is 101 Å². The predicted octanol–water partition coefficient (Wildman–Crippen LogP) is -0.114. The second-order valence-electron chi connectivity index (χ2n) is 4.84. The molecule has 0 aromatic carbocycles. The monoisotopic (exact) mass is 238 g/mol. The van der Waals surface area contributed by atoms with Crippen molar-refractivity contribution in [3.8, 4) is 0 Å². The molecule has 2 fully saturated rings. The molecule has 17 heavy (non-hydrogen) atoms. The normalized spacial score (nSPS) is 32.8. The van der Waals surface area contributed by atoms with Crippen LogP contribution in [0.3, 0.4) is 0 Å². The summed E-state index contributed by atoms with van der Waals surface area (Å²) in [4.78, 5) is 35.9. The highest BCUT2D eigenvalue weighted by Crippen LogP contribution is 2.21. The Balaban J connectivity index is 1.97. The first-order valence-corrected chi connectivity index (χ1v) is 6.15. The van der Waals surface area contributed by atoms with E-state index in [2.05, 4.69) is 5.32 Å². The second-order valence-corrected chi connectivity index (χ2v) is 4.84. The lowest BCUT2D eigenvalue weighted by molar-refractivity contribution is -0.136. The highest BCUT2D eigenvalue weighted by molar-refractivity contribution is 5.88. The van der Waals surface area contributed by atoms with Crippen molar-refractivity contribution < 1.29 is 14.4 Å². The third-order valence-electron chi connectivity index (χ3n) is 3.67. The smallest absolute Gasteiger partial charge is 0.240 e. The van der Waals surface area contributed by atoms with E-state index < -0.39 is 0 Å². The van der Waals surface area contributed by atoms with Crippen LogP contribution in [0.2, 0.25) is 0 Å². The van der Waals surface area contributed by atoms with Gasteiger partial charge in [-0.3, -0.25) is 14.9 Å². The maximum atomic E-state index is 12.2. The zero-order valence-electron chi connectivity index (χ0n) is 10.0. The third-order valence-corrected chi connectivity index (χ3v) is 3.67. The van der Waals surface area contributed by atoms with Crippen LogP contribution in [0.15, 0.2) is 0 Å². The highest BCUT2D eigenvalue weighted by atomic mass is 16.2. The number of carbonyl (C=O) groups excluding carboxylic acids is 3. The zero-order valence-corrected chi connectivity index (χ0v) is 10.0. The van der Waals surface area contributed by atoms with Crippen LogP contribution in [0, 0.1) is 0 Å². The Hall–Kier alpha value is -1.23. The van der Waals surface area contributed by atoms with E-state index in [9.17, 15) is 14.4 Å². The minimum Gasteiger partial charge on any atom is -0.332 e. The van der Waals surface area contributed by atoms with Gasteiger partial charge in [0.05, 0.1) is 18.1 Å². The molecule has 3 atom stereocenters. The molecule has 0 saturated carbocycles. The Morgan fingerprint density at radius 3 is 2.53 bits per heavy atom. The molecule has 2 saturated heterocycles. The van der Waals surface area contributed by atoms with Crippen LogP contribution in [0.25, 0.3) is 0 Å². The SMILES string of the molecule is CC(=O)C1CC[C@@H](C(=O)N2CCC[C@H]2C=O)N1. The number of carbonyl (C=O) groups is 3. The van der Waals surface area contributed by atoms with E-state index in [1.54, 1.807) is 4.90 Å². The average molecular weight is 238 g/mol. The summed E-state index contributed by atoms with van der Waals surface area (Å²) in [6.45, 7) is 2.19. The molecule has 1 unspecified atom stereocenters. The Morgan fingerprint density at radius 1 is 1.24 bits per heavy atom. The van der Waals surface area contributed by atoms with Gasteiger partial charge < -0.3 is 9.69 Å². The number of hydrogen-bond acceptors (Lipinski definition) is 4. The molecule has 0 bridgehead atoms. The number of rotatable bonds is 3. The molecule has 2 rings (SSSR count). The largest absolute Gasteiger partial charge is 0.332 e. The molecular formula is C12H18N2O3. The van der Waals surface area contributed by atoms with Gasteiger partial charge in [-0.1, -0.05) is 0 Å². The summed E-state index contributed by atoms with van der Waals surface area (Å²) in [7, 11) is 0. The third kappa shape index (κ3) is 2.39. The van der Waals surface area contributed by atoms with E-state index in [1.807, 2.05) is 0 Å². The Morgan fingerprint density at radius 2 is 1.94 bits per heavy atom. The van der Waals surface area contributed by atoms with Crippen LogP contribution < -0.4 is 5.32 Å². The van der Waals surface area contributed by atoms with Gasteiger partial charge in [0.1, 0.15) is 12.1 Å². The van der Waals surface area contributed by atoms with Gasteiger partial charge in [0, 0.05) is 6.54 Å². The van der Waals surface area contributed by atoms with E-state index in [0.717, 1.165) is 19.1 Å². The van der Waals surface area contributed by atoms with Crippen LogP contribution in [0.4, 0.5) is 0 Å². The van der Waals surface area contributed by atoms with Crippen molar-refractivity contribution in [2.45, 2.75) is 50.7 Å². The van der Waals surface area contributed by atoms with Gasteiger partial charge in [-0.15, -0.1) is 0 Å². The molecule has 94 valence electrons. The first-order chi connectivity index (χ1) is 8.13. The average Bonchev–Trinajstić information content (AvgIpc) is 2.96. The lowest BCUT2D eigenvalue weighted by Crippen LogP contribution is -2.48. The standard InChI is InChI=1S/C12H18N2O3/c1-8(16)10-4-5-11(13-10)12(17)14-6-2-3-9(14)7-15/h7,9-11,13H,2-6H2,1H3/t9-,10?,11-/m0/s1. The van der Waals surface area contributed by atoms with E-state index in [0.29, 0.717) is 19.4 Å². The van der Waals surface area contributed by atoms with Crippen molar-refractivity contribution in [3.05, 3.63) is 0 Å². The van der Waals surface area contributed by atoms with E-state index in [-0.39, 0.29) is 29.8 Å². The number of hydrogen-bond donors (Lipinski definition) is 1. The molecule has 1 N–H and O–H groups in total. The van der Waals surface area contributed by atoms with Gasteiger partial charge in [-0.2, -0.15) is 0 Å². The maximum Gasteiger partial charge on any atom is 0.240 e. The van der Waals surface area contributed by atoms with Gasteiger partial charge >= 0.3 is 0 Å². The molecule has 2 aliphatic rings. The minimum absolute atomic E-state index is 0.0247. The predicted molar refractivity (Wildman–Crippen MR) is 61.4 cm³/mol. The zero-order chi connectivity index (χ0) is 12.4. The summed E-state index contributed by atoms with van der Waals surface area (Å²) in [6, 6.07) is -0.744. The Kier molecular flexibility index (Phi) is 3.57. The molecule has 1 amide bonds. The summed E-state index contributed by atoms with van der Waals surface area (Å²) in [5.41, 5.74) is 0. The maximum absolute atomic E-state index is 12.2. The first-order valence-electron chi connectivity index (χ1n) is 6.15. The van der Waals surface area contributed by atoms with E-state index in [4.69, 9.17) is 0 Å². The van der Waals surface area contributed by atoms with Crippen molar-refractivity contribution in [1.82, 2.24) is 10.2 Å². The van der Waals surface area contributed by atoms with Crippen molar-refractivity contribution >= 4 is 18.0 Å². The number of Topliss-reactive ketones (excluding diaryl/α,β-unsaturated/α-hetero) is 1. The summed E-state index contributed by atoms with van der Waals surface area (Å²) in [5, 5.41) is 3.06. The fourth-order valence-electron chi connectivity index (χ4n) is 2.67. The lowest BCUT2D eigenvalue weighted by atomic mass is 10.1. The number of aldehydes is 1. The summed E-state index contributed by atoms with van der Waals surface area (Å²) < 4.78 is 0. The molecule has 5 heteroatoms. The molecular weight excluding hydrogens is 220 g/mol. The molecule has 5 nitrogen and oxygen atoms in total. The Bertz CT molecular complexity index is 343. The van der Waals surface area contributed by atoms with Crippen LogP contribution in [0.5, 0.6) is 0 Å². The van der Waals surface area contributed by atoms with Gasteiger partial charge in [0.2, 0.25) is 5.91 Å². The minimum atomic E-state index is -0.288. The van der Waals surface area contributed by atoms with Gasteiger partial charge in [-0.25, -0.2) is 0 Å². The second kappa shape index (κ2) is 4.96. The molecule has 0 spiro atoms. The van der Waals surface area contributed by atoms with Crippen molar-refractivity contribution in [3.63, 3.8) is 0 Å². The van der Waals surface area contributed by atoms with E-state index in [1.165, 1.54) is 6.92 Å². The molecule has 2 aliphatic heterocycles. The molecule has 0 aliphatic carbocycles. The van der Waals surface area contributed by atoms with Crippen molar-refractivity contribution in [2.75, 3.05) is 6.54 Å². The van der Waals surface area contributed by atoms with Crippen LogP contribution in [-0.2, 0) is 14.4 Å². The number of amides is 1. The van der Waals surface area contributed by atoms with Gasteiger partial charge in [0.15, 0.2) is 0 Å². The highest BCUT2D eigenvalue weighted by Gasteiger charge is 2.37. The fraction of sp³-hybridized carbons (Fsp3) is 0.750. The lowest BCUT2D eigenvalue weighted by Gasteiger charge is -2.24. The van der Waals surface area contributed by atoms with Crippen LogP contribution in [0.1, 0.15) is 32.6 Å². The molecule has 0 radical (unpaired) electrons. The number of ketones is 1. The fourth-order valence-corrected chi connectivity index (χ4v) is 2.67. The van der Waals surface area contributed by atoms with Crippen LogP contribution >= 0.6 is 0 Å². The molecule has 2 heterocycles. The summed E-state index contributed by atoms with van der Waals surface area (Å²) >= 11 is 0. The number of likely N-dealkylation sites (tertiary alicyclic amines) is 1. The van der Waals surface area contributed by atoms with Crippen LogP contribution in [-0.4, -0.2) is 47.5 Å². The number of nitrogens with zero attached hydrogens (tertiary/aromatic N) is 1. The molecule has 0 aromatic rings. The van der Waals surface area contributed by atoms with Gasteiger partial charge in [0.25, 0.3) is 0 Å². The van der Waals surface area contributed by atoms with Crippen molar-refractivity contribution in [2.24, 2.45) is 0 Å². The van der Waals surface area contributed by atoms with Gasteiger partial charge in [-0.05, 0) is 32.6 Å². The first kappa shape index (κ1) is 12.2. The number of nitrogens with one attached hydrogen (secondary N) is 1. The van der Waals surface area contributed by atoms with Crippen molar-refractivity contribution in [1.29, 1.82) is 0 Å².